The fourth-order valence-corrected chi connectivity index (χ4v) is 3.65. The normalized spacial score (nSPS) is 16.8. The number of methoxy groups -OCH3 is 1. The van der Waals surface area contributed by atoms with Gasteiger partial charge < -0.3 is 15.0 Å². The zero-order valence-electron chi connectivity index (χ0n) is 16.5. The summed E-state index contributed by atoms with van der Waals surface area (Å²) in [7, 11) is 1.58. The molecular weight excluding hydrogens is 372 g/mol. The number of carbonyl (C=O) groups is 1. The fraction of sp³-hybridized carbons (Fsp3) is 0.400. The van der Waals surface area contributed by atoms with E-state index in [1.807, 2.05) is 0 Å². The van der Waals surface area contributed by atoms with Crippen molar-refractivity contribution in [2.75, 3.05) is 30.4 Å². The lowest BCUT2D eigenvalue weighted by Gasteiger charge is -2.31. The number of anilines is 2. The van der Waals surface area contributed by atoms with E-state index in [9.17, 15) is 9.59 Å². The highest BCUT2D eigenvalue weighted by atomic mass is 16.5. The molecule has 0 radical (unpaired) electrons. The van der Waals surface area contributed by atoms with Gasteiger partial charge in [-0.1, -0.05) is 6.92 Å². The quantitative estimate of drug-likeness (QED) is 0.707. The second kappa shape index (κ2) is 7.94. The van der Waals surface area contributed by atoms with Crippen molar-refractivity contribution in [1.29, 1.82) is 0 Å². The van der Waals surface area contributed by atoms with Crippen molar-refractivity contribution >= 4 is 23.1 Å². The molecule has 0 unspecified atom stereocenters. The van der Waals surface area contributed by atoms with Gasteiger partial charge in [0.25, 0.3) is 0 Å². The summed E-state index contributed by atoms with van der Waals surface area (Å²) in [5, 5.41) is 7.17. The molecule has 1 fully saturated rings. The van der Waals surface area contributed by atoms with Crippen molar-refractivity contribution in [3.8, 4) is 5.75 Å². The van der Waals surface area contributed by atoms with Crippen LogP contribution in [0, 0.1) is 5.92 Å². The Morgan fingerprint density at radius 1 is 1.31 bits per heavy atom. The average molecular weight is 396 g/mol. The molecule has 1 atom stereocenters. The maximum atomic E-state index is 12.7. The van der Waals surface area contributed by atoms with Gasteiger partial charge in [-0.3, -0.25) is 4.79 Å². The van der Waals surface area contributed by atoms with Crippen LogP contribution in [-0.2, 0) is 11.3 Å². The SMILES string of the molecule is COc1ccc(NC(=O)Cn2nc3c(N4CCC[C@H](C)C4)nccn3c2=O)cc1. The van der Waals surface area contributed by atoms with Crippen LogP contribution in [0.3, 0.4) is 0 Å². The molecule has 3 heterocycles. The molecule has 0 bridgehead atoms. The van der Waals surface area contributed by atoms with Crippen LogP contribution in [-0.4, -0.2) is 45.3 Å². The molecule has 4 rings (SSSR count). The van der Waals surface area contributed by atoms with E-state index in [2.05, 4.69) is 27.2 Å². The molecule has 0 aliphatic carbocycles. The van der Waals surface area contributed by atoms with Crippen LogP contribution in [0.5, 0.6) is 5.75 Å². The number of hydrogen-bond donors (Lipinski definition) is 1. The number of nitrogens with zero attached hydrogens (tertiary/aromatic N) is 5. The van der Waals surface area contributed by atoms with Crippen molar-refractivity contribution in [3.05, 3.63) is 47.1 Å². The predicted octanol–water partition coefficient (Wildman–Crippen LogP) is 1.77. The smallest absolute Gasteiger partial charge is 0.350 e. The minimum atomic E-state index is -0.362. The van der Waals surface area contributed by atoms with Gasteiger partial charge in [0.15, 0.2) is 5.82 Å². The van der Waals surface area contributed by atoms with Gasteiger partial charge in [-0.15, -0.1) is 5.10 Å². The number of piperidine rings is 1. The number of rotatable bonds is 5. The average Bonchev–Trinajstić information content (AvgIpc) is 3.04. The van der Waals surface area contributed by atoms with Gasteiger partial charge in [-0.05, 0) is 43.0 Å². The molecule has 0 spiro atoms. The predicted molar refractivity (Wildman–Crippen MR) is 109 cm³/mol. The van der Waals surface area contributed by atoms with Gasteiger partial charge in [-0.2, -0.15) is 0 Å². The summed E-state index contributed by atoms with van der Waals surface area (Å²) in [4.78, 5) is 31.8. The van der Waals surface area contributed by atoms with Crippen LogP contribution in [0.2, 0.25) is 0 Å². The summed E-state index contributed by atoms with van der Waals surface area (Å²) < 4.78 is 7.73. The number of carbonyl (C=O) groups excluding carboxylic acids is 1. The zero-order chi connectivity index (χ0) is 20.4. The van der Waals surface area contributed by atoms with Crippen LogP contribution in [0.15, 0.2) is 41.5 Å². The number of hydrogen-bond acceptors (Lipinski definition) is 6. The molecular formula is C20H24N6O3. The fourth-order valence-electron chi connectivity index (χ4n) is 3.65. The van der Waals surface area contributed by atoms with Crippen molar-refractivity contribution in [3.63, 3.8) is 0 Å². The number of amides is 1. The molecule has 152 valence electrons. The van der Waals surface area contributed by atoms with E-state index in [1.54, 1.807) is 43.8 Å². The van der Waals surface area contributed by atoms with Crippen LogP contribution in [0.4, 0.5) is 11.5 Å². The van der Waals surface area contributed by atoms with E-state index in [0.29, 0.717) is 28.8 Å². The first kappa shape index (κ1) is 19.0. The van der Waals surface area contributed by atoms with E-state index in [-0.39, 0.29) is 18.1 Å². The molecule has 9 heteroatoms. The van der Waals surface area contributed by atoms with Gasteiger partial charge in [-0.25, -0.2) is 18.9 Å². The molecule has 1 aliphatic heterocycles. The number of aromatic nitrogens is 4. The first-order valence-electron chi connectivity index (χ1n) is 9.68. The van der Waals surface area contributed by atoms with E-state index < -0.39 is 0 Å². The van der Waals surface area contributed by atoms with Crippen molar-refractivity contribution in [2.45, 2.75) is 26.3 Å². The third kappa shape index (κ3) is 3.94. The second-order valence-electron chi connectivity index (χ2n) is 7.35. The number of ether oxygens (including phenoxy) is 1. The Hall–Kier alpha value is -3.36. The van der Waals surface area contributed by atoms with Gasteiger partial charge in [0, 0.05) is 31.2 Å². The standard InChI is InChI=1S/C20H24N6O3/c1-14-4-3-10-24(12-14)18-19-23-26(20(28)25(19)11-9-21-18)13-17(27)22-15-5-7-16(29-2)8-6-15/h5-9,11,14H,3-4,10,12-13H2,1-2H3,(H,22,27)/t14-/m0/s1. The molecule has 9 nitrogen and oxygen atoms in total. The summed E-state index contributed by atoms with van der Waals surface area (Å²) in [6.45, 7) is 3.80. The van der Waals surface area contributed by atoms with E-state index in [1.165, 1.54) is 15.5 Å². The molecule has 3 aromatic rings. The summed E-state index contributed by atoms with van der Waals surface area (Å²) >= 11 is 0. The monoisotopic (exact) mass is 396 g/mol. The maximum Gasteiger partial charge on any atom is 0.350 e. The Bertz CT molecular complexity index is 1070. The third-order valence-corrected chi connectivity index (χ3v) is 5.11. The van der Waals surface area contributed by atoms with E-state index in [4.69, 9.17) is 4.74 Å². The Labute approximate surface area is 167 Å². The van der Waals surface area contributed by atoms with Crippen LogP contribution >= 0.6 is 0 Å². The lowest BCUT2D eigenvalue weighted by Crippen LogP contribution is -2.35. The third-order valence-electron chi connectivity index (χ3n) is 5.11. The van der Waals surface area contributed by atoms with Gasteiger partial charge in [0.2, 0.25) is 11.6 Å². The lowest BCUT2D eigenvalue weighted by molar-refractivity contribution is -0.117. The Morgan fingerprint density at radius 3 is 2.83 bits per heavy atom. The molecule has 1 amide bonds. The molecule has 2 aromatic heterocycles. The first-order valence-corrected chi connectivity index (χ1v) is 9.68. The van der Waals surface area contributed by atoms with Crippen LogP contribution in [0.1, 0.15) is 19.8 Å². The number of nitrogens with one attached hydrogen (secondary N) is 1. The Morgan fingerprint density at radius 2 is 2.10 bits per heavy atom. The molecule has 1 N–H and O–H groups in total. The highest BCUT2D eigenvalue weighted by Crippen LogP contribution is 2.23. The summed E-state index contributed by atoms with van der Waals surface area (Å²) in [5.41, 5.74) is 0.736. The minimum Gasteiger partial charge on any atom is -0.497 e. The largest absolute Gasteiger partial charge is 0.497 e. The second-order valence-corrected chi connectivity index (χ2v) is 7.35. The molecule has 1 aromatic carbocycles. The van der Waals surface area contributed by atoms with E-state index in [0.717, 1.165) is 19.5 Å². The van der Waals surface area contributed by atoms with Gasteiger partial charge in [0.1, 0.15) is 12.3 Å². The minimum absolute atomic E-state index is 0.178. The van der Waals surface area contributed by atoms with Crippen LogP contribution < -0.4 is 20.6 Å². The lowest BCUT2D eigenvalue weighted by atomic mass is 10.0. The topological polar surface area (TPSA) is 93.8 Å². The first-order chi connectivity index (χ1) is 14.0. The van der Waals surface area contributed by atoms with E-state index >= 15 is 0 Å². The molecule has 1 aliphatic rings. The number of fused-ring (bicyclic) bond motifs is 1. The van der Waals surface area contributed by atoms with Crippen LogP contribution in [0.25, 0.3) is 5.65 Å². The Balaban J connectivity index is 1.56. The summed E-state index contributed by atoms with van der Waals surface area (Å²) in [5.74, 6) is 1.62. The molecule has 1 saturated heterocycles. The Kier molecular flexibility index (Phi) is 5.20. The highest BCUT2D eigenvalue weighted by Gasteiger charge is 2.22. The maximum absolute atomic E-state index is 12.7. The summed E-state index contributed by atoms with van der Waals surface area (Å²) in [6, 6.07) is 6.99. The van der Waals surface area contributed by atoms with Crippen molar-refractivity contribution < 1.29 is 9.53 Å². The van der Waals surface area contributed by atoms with Gasteiger partial charge >= 0.3 is 5.69 Å². The molecule has 0 saturated carbocycles. The zero-order valence-corrected chi connectivity index (χ0v) is 16.5. The highest BCUT2D eigenvalue weighted by molar-refractivity contribution is 5.90. The number of benzene rings is 1. The molecule has 29 heavy (non-hydrogen) atoms. The van der Waals surface area contributed by atoms with Crippen molar-refractivity contribution in [2.24, 2.45) is 5.92 Å². The van der Waals surface area contributed by atoms with Gasteiger partial charge in [0.05, 0.1) is 7.11 Å². The van der Waals surface area contributed by atoms with Crippen molar-refractivity contribution in [1.82, 2.24) is 19.2 Å². The summed E-state index contributed by atoms with van der Waals surface area (Å²) in [6.07, 6.45) is 5.46.